The van der Waals surface area contributed by atoms with Crippen molar-refractivity contribution in [1.29, 1.82) is 0 Å². The molecule has 4 nitrogen and oxygen atoms in total. The minimum atomic E-state index is -0.200. The summed E-state index contributed by atoms with van der Waals surface area (Å²) in [6.07, 6.45) is 14.2. The highest BCUT2D eigenvalue weighted by atomic mass is 16.5. The van der Waals surface area contributed by atoms with Crippen LogP contribution < -0.4 is 5.32 Å². The van der Waals surface area contributed by atoms with Crippen LogP contribution in [-0.2, 0) is 20.8 Å². The molecule has 1 aromatic rings. The molecule has 0 aromatic heterocycles. The molecule has 0 aliphatic rings. The van der Waals surface area contributed by atoms with Gasteiger partial charge in [0.15, 0.2) is 0 Å². The molecule has 2 unspecified atom stereocenters. The molecule has 0 heterocycles. The van der Waals surface area contributed by atoms with Crippen molar-refractivity contribution in [2.45, 2.75) is 103 Å². The average molecular weight is 406 g/mol. The maximum atomic E-state index is 12.3. The number of unbranched alkanes of at least 4 members (excludes halogenated alkanes) is 9. The first-order chi connectivity index (χ1) is 14.2. The number of hydrogen-bond acceptors (Lipinski definition) is 3. The van der Waals surface area contributed by atoms with E-state index < -0.39 is 0 Å². The molecule has 1 amide bonds. The summed E-state index contributed by atoms with van der Waals surface area (Å²) in [6.45, 7) is 2.81. The van der Waals surface area contributed by atoms with Crippen LogP contribution in [0.15, 0.2) is 30.3 Å². The van der Waals surface area contributed by atoms with Crippen molar-refractivity contribution in [1.82, 2.24) is 5.32 Å². The molecule has 4 heteroatoms. The van der Waals surface area contributed by atoms with Gasteiger partial charge in [-0.05, 0) is 12.0 Å². The molecule has 0 spiro atoms. The second-order valence-corrected chi connectivity index (χ2v) is 7.99. The van der Waals surface area contributed by atoms with Crippen LogP contribution in [0.4, 0.5) is 0 Å². The van der Waals surface area contributed by atoms with E-state index in [0.29, 0.717) is 13.0 Å². The second-order valence-electron chi connectivity index (χ2n) is 7.99. The second kappa shape index (κ2) is 17.5. The van der Waals surface area contributed by atoms with Gasteiger partial charge in [-0.15, -0.1) is 0 Å². The van der Waals surface area contributed by atoms with E-state index in [2.05, 4.69) is 12.2 Å². The van der Waals surface area contributed by atoms with E-state index >= 15 is 0 Å². The van der Waals surface area contributed by atoms with Crippen molar-refractivity contribution in [2.75, 3.05) is 14.2 Å². The van der Waals surface area contributed by atoms with Gasteiger partial charge in [-0.25, -0.2) is 0 Å². The Morgan fingerprint density at radius 2 is 1.38 bits per heavy atom. The molecular weight excluding hydrogens is 362 g/mol. The zero-order chi connectivity index (χ0) is 21.2. The molecule has 0 saturated carbocycles. The monoisotopic (exact) mass is 405 g/mol. The van der Waals surface area contributed by atoms with E-state index in [1.54, 1.807) is 14.2 Å². The first-order valence-corrected chi connectivity index (χ1v) is 11.6. The maximum absolute atomic E-state index is 12.3. The molecule has 166 valence electrons. The van der Waals surface area contributed by atoms with Gasteiger partial charge in [-0.3, -0.25) is 4.79 Å². The van der Waals surface area contributed by atoms with Gasteiger partial charge in [0.25, 0.3) is 0 Å². The first-order valence-electron chi connectivity index (χ1n) is 11.6. The number of benzene rings is 1. The Morgan fingerprint density at radius 1 is 0.828 bits per heavy atom. The Morgan fingerprint density at radius 3 is 1.93 bits per heavy atom. The fourth-order valence-electron chi connectivity index (χ4n) is 3.71. The lowest BCUT2D eigenvalue weighted by atomic mass is 10.0. The molecule has 0 aliphatic heterocycles. The highest BCUT2D eigenvalue weighted by Crippen LogP contribution is 2.17. The Bertz CT molecular complexity index is 506. The lowest BCUT2D eigenvalue weighted by Gasteiger charge is -2.24. The van der Waals surface area contributed by atoms with E-state index in [1.165, 1.54) is 57.8 Å². The SMILES string of the molecule is CCCCCCCCCCCCC(OC)C(CC(=O)NCc1ccccc1)OC. The zero-order valence-corrected chi connectivity index (χ0v) is 19.0. The van der Waals surface area contributed by atoms with Crippen LogP contribution in [0, 0.1) is 0 Å². The van der Waals surface area contributed by atoms with Crippen LogP contribution in [0.3, 0.4) is 0 Å². The van der Waals surface area contributed by atoms with Gasteiger partial charge in [0, 0.05) is 20.8 Å². The number of methoxy groups -OCH3 is 2. The van der Waals surface area contributed by atoms with E-state index in [0.717, 1.165) is 18.4 Å². The Balaban J connectivity index is 2.17. The highest BCUT2D eigenvalue weighted by molar-refractivity contribution is 5.76. The van der Waals surface area contributed by atoms with Crippen LogP contribution in [0.25, 0.3) is 0 Å². The predicted molar refractivity (Wildman–Crippen MR) is 121 cm³/mol. The van der Waals surface area contributed by atoms with Gasteiger partial charge in [-0.1, -0.05) is 101 Å². The Kier molecular flexibility index (Phi) is 15.4. The third-order valence-corrected chi connectivity index (χ3v) is 5.58. The van der Waals surface area contributed by atoms with E-state index in [1.807, 2.05) is 30.3 Å². The standard InChI is InChI=1S/C25H43NO3/c1-4-5-6-7-8-9-10-11-12-16-19-23(28-2)24(29-3)20-25(27)26-21-22-17-14-13-15-18-22/h13-15,17-18,23-24H,4-12,16,19-21H2,1-3H3,(H,26,27). The summed E-state index contributed by atoms with van der Waals surface area (Å²) in [4.78, 5) is 12.3. The summed E-state index contributed by atoms with van der Waals surface area (Å²) in [5, 5.41) is 2.98. The van der Waals surface area contributed by atoms with Gasteiger partial charge in [0.05, 0.1) is 18.6 Å². The molecule has 0 aliphatic carbocycles. The number of nitrogens with one attached hydrogen (secondary N) is 1. The molecule has 2 atom stereocenters. The van der Waals surface area contributed by atoms with Gasteiger partial charge in [-0.2, -0.15) is 0 Å². The number of carbonyl (C=O) groups excluding carboxylic acids is 1. The lowest BCUT2D eigenvalue weighted by molar-refractivity contribution is -0.127. The number of rotatable bonds is 18. The molecule has 0 bridgehead atoms. The van der Waals surface area contributed by atoms with Gasteiger partial charge in [0.2, 0.25) is 5.91 Å². The normalized spacial score (nSPS) is 13.2. The number of carbonyl (C=O) groups is 1. The molecule has 1 N–H and O–H groups in total. The van der Waals surface area contributed by atoms with Gasteiger partial charge < -0.3 is 14.8 Å². The smallest absolute Gasteiger partial charge is 0.222 e. The molecular formula is C25H43NO3. The summed E-state index contributed by atoms with van der Waals surface area (Å²) < 4.78 is 11.2. The summed E-state index contributed by atoms with van der Waals surface area (Å²) in [5.41, 5.74) is 1.10. The summed E-state index contributed by atoms with van der Waals surface area (Å²) in [6, 6.07) is 9.96. The summed E-state index contributed by atoms with van der Waals surface area (Å²) >= 11 is 0. The number of ether oxygens (including phenoxy) is 2. The molecule has 0 radical (unpaired) electrons. The van der Waals surface area contributed by atoms with Crippen molar-refractivity contribution in [2.24, 2.45) is 0 Å². The van der Waals surface area contributed by atoms with Crippen LogP contribution in [0.1, 0.15) is 89.5 Å². The fraction of sp³-hybridized carbons (Fsp3) is 0.720. The number of amides is 1. The van der Waals surface area contributed by atoms with Crippen molar-refractivity contribution < 1.29 is 14.3 Å². The molecule has 0 fully saturated rings. The third kappa shape index (κ3) is 12.7. The maximum Gasteiger partial charge on any atom is 0.222 e. The van der Waals surface area contributed by atoms with E-state index in [9.17, 15) is 4.79 Å². The van der Waals surface area contributed by atoms with Crippen LogP contribution >= 0.6 is 0 Å². The lowest BCUT2D eigenvalue weighted by Crippen LogP contribution is -2.36. The Hall–Kier alpha value is -1.39. The summed E-state index contributed by atoms with van der Waals surface area (Å²) in [5.74, 6) is 0.00539. The molecule has 1 rings (SSSR count). The van der Waals surface area contributed by atoms with Crippen LogP contribution in [0.2, 0.25) is 0 Å². The van der Waals surface area contributed by atoms with Crippen molar-refractivity contribution in [3.05, 3.63) is 35.9 Å². The highest BCUT2D eigenvalue weighted by Gasteiger charge is 2.23. The van der Waals surface area contributed by atoms with Crippen LogP contribution in [-0.4, -0.2) is 32.3 Å². The van der Waals surface area contributed by atoms with Gasteiger partial charge >= 0.3 is 0 Å². The van der Waals surface area contributed by atoms with Gasteiger partial charge in [0.1, 0.15) is 0 Å². The molecule has 29 heavy (non-hydrogen) atoms. The first kappa shape index (κ1) is 25.6. The minimum Gasteiger partial charge on any atom is -0.379 e. The van der Waals surface area contributed by atoms with Crippen molar-refractivity contribution >= 4 is 5.91 Å². The zero-order valence-electron chi connectivity index (χ0n) is 19.0. The van der Waals surface area contributed by atoms with Crippen molar-refractivity contribution in [3.8, 4) is 0 Å². The molecule has 1 aromatic carbocycles. The van der Waals surface area contributed by atoms with E-state index in [4.69, 9.17) is 9.47 Å². The topological polar surface area (TPSA) is 47.6 Å². The van der Waals surface area contributed by atoms with Crippen molar-refractivity contribution in [3.63, 3.8) is 0 Å². The molecule has 0 saturated heterocycles. The fourth-order valence-corrected chi connectivity index (χ4v) is 3.71. The van der Waals surface area contributed by atoms with Crippen LogP contribution in [0.5, 0.6) is 0 Å². The predicted octanol–water partition coefficient (Wildman–Crippen LogP) is 6.03. The minimum absolute atomic E-state index is 0.00539. The Labute approximate surface area is 178 Å². The summed E-state index contributed by atoms with van der Waals surface area (Å²) in [7, 11) is 3.38. The quantitative estimate of drug-likeness (QED) is 0.303. The van der Waals surface area contributed by atoms with E-state index in [-0.39, 0.29) is 18.1 Å². The number of hydrogen-bond donors (Lipinski definition) is 1. The average Bonchev–Trinajstić information content (AvgIpc) is 2.75. The largest absolute Gasteiger partial charge is 0.379 e. The third-order valence-electron chi connectivity index (χ3n) is 5.58.